The van der Waals surface area contributed by atoms with Crippen LogP contribution >= 0.6 is 0 Å². The van der Waals surface area contributed by atoms with Crippen molar-refractivity contribution in [1.82, 2.24) is 0 Å². The van der Waals surface area contributed by atoms with Gasteiger partial charge in [-0.15, -0.1) is 0 Å². The maximum Gasteiger partial charge on any atom is 0.000167 e. The molecule has 1 unspecified atom stereocenters. The van der Waals surface area contributed by atoms with Crippen LogP contribution in [0.5, 0.6) is 0 Å². The first kappa shape index (κ1) is 12.8. The molecule has 1 heteroatoms. The molecule has 0 bridgehead atoms. The Kier molecular flexibility index (Phi) is 4.16. The molecule has 0 heterocycles. The molecule has 2 aromatic carbocycles. The zero-order valence-electron chi connectivity index (χ0n) is 11.2. The van der Waals surface area contributed by atoms with Crippen LogP contribution < -0.4 is 5.73 Å². The molecule has 0 aliphatic carbocycles. The van der Waals surface area contributed by atoms with Gasteiger partial charge in [-0.25, -0.2) is 0 Å². The van der Waals surface area contributed by atoms with Gasteiger partial charge in [0.2, 0.25) is 0 Å². The third kappa shape index (κ3) is 2.80. The molecule has 0 saturated heterocycles. The zero-order chi connectivity index (χ0) is 13.0. The fraction of sp³-hybridized carbons (Fsp3) is 0.294. The summed E-state index contributed by atoms with van der Waals surface area (Å²) >= 11 is 0. The molecule has 2 N–H and O–H groups in total. The van der Waals surface area contributed by atoms with Gasteiger partial charge in [0.25, 0.3) is 0 Å². The van der Waals surface area contributed by atoms with E-state index in [-0.39, 0.29) is 0 Å². The van der Waals surface area contributed by atoms with Gasteiger partial charge in [0.1, 0.15) is 0 Å². The molecule has 0 spiro atoms. The Morgan fingerprint density at radius 2 is 1.67 bits per heavy atom. The summed E-state index contributed by atoms with van der Waals surface area (Å²) in [7, 11) is 0. The van der Waals surface area contributed by atoms with Crippen molar-refractivity contribution in [3.63, 3.8) is 0 Å². The molecule has 0 radical (unpaired) electrons. The van der Waals surface area contributed by atoms with Gasteiger partial charge >= 0.3 is 0 Å². The quantitative estimate of drug-likeness (QED) is 0.867. The fourth-order valence-electron chi connectivity index (χ4n) is 2.36. The van der Waals surface area contributed by atoms with Crippen LogP contribution in [0.15, 0.2) is 48.5 Å². The minimum Gasteiger partial charge on any atom is -0.330 e. The number of benzene rings is 2. The van der Waals surface area contributed by atoms with Gasteiger partial charge in [0.05, 0.1) is 0 Å². The molecule has 0 aromatic heterocycles. The van der Waals surface area contributed by atoms with Crippen molar-refractivity contribution in [1.29, 1.82) is 0 Å². The van der Waals surface area contributed by atoms with Crippen molar-refractivity contribution in [3.8, 4) is 0 Å². The van der Waals surface area contributed by atoms with Gasteiger partial charge in [-0.3, -0.25) is 0 Å². The minimum absolute atomic E-state index is 0.409. The van der Waals surface area contributed by atoms with Crippen LogP contribution in [0.1, 0.15) is 28.2 Å². The summed E-state index contributed by atoms with van der Waals surface area (Å²) in [4.78, 5) is 0. The summed E-state index contributed by atoms with van der Waals surface area (Å²) in [5, 5.41) is 0. The highest BCUT2D eigenvalue weighted by atomic mass is 14.5. The van der Waals surface area contributed by atoms with Crippen LogP contribution in [0.4, 0.5) is 0 Å². The van der Waals surface area contributed by atoms with Gasteiger partial charge in [-0.2, -0.15) is 0 Å². The Hall–Kier alpha value is -1.60. The van der Waals surface area contributed by atoms with Crippen molar-refractivity contribution >= 4 is 0 Å². The molecule has 0 aliphatic rings. The highest BCUT2D eigenvalue weighted by molar-refractivity contribution is 5.35. The van der Waals surface area contributed by atoms with E-state index in [1.54, 1.807) is 0 Å². The highest BCUT2D eigenvalue weighted by Gasteiger charge is 2.12. The zero-order valence-corrected chi connectivity index (χ0v) is 11.2. The van der Waals surface area contributed by atoms with Crippen LogP contribution in [-0.2, 0) is 6.42 Å². The van der Waals surface area contributed by atoms with E-state index in [1.165, 1.54) is 22.3 Å². The van der Waals surface area contributed by atoms with E-state index >= 15 is 0 Å². The number of nitrogens with two attached hydrogens (primary N) is 1. The molecular weight excluding hydrogens is 218 g/mol. The second-order valence-corrected chi connectivity index (χ2v) is 4.91. The third-order valence-electron chi connectivity index (χ3n) is 3.74. The summed E-state index contributed by atoms with van der Waals surface area (Å²) < 4.78 is 0. The number of hydrogen-bond acceptors (Lipinski definition) is 1. The first-order valence-corrected chi connectivity index (χ1v) is 6.52. The van der Waals surface area contributed by atoms with E-state index in [1.807, 2.05) is 0 Å². The van der Waals surface area contributed by atoms with Crippen LogP contribution in [0.2, 0.25) is 0 Å². The maximum absolute atomic E-state index is 5.94. The van der Waals surface area contributed by atoms with Crippen LogP contribution in [0.3, 0.4) is 0 Å². The summed E-state index contributed by atoms with van der Waals surface area (Å²) in [6.45, 7) is 5.05. The molecular formula is C17H21N. The Morgan fingerprint density at radius 3 is 2.33 bits per heavy atom. The van der Waals surface area contributed by atoms with E-state index in [0.29, 0.717) is 12.5 Å². The summed E-state index contributed by atoms with van der Waals surface area (Å²) in [5.41, 5.74) is 11.4. The number of hydrogen-bond donors (Lipinski definition) is 1. The van der Waals surface area contributed by atoms with Gasteiger partial charge < -0.3 is 5.73 Å². The van der Waals surface area contributed by atoms with Crippen molar-refractivity contribution in [2.45, 2.75) is 26.2 Å². The van der Waals surface area contributed by atoms with Crippen molar-refractivity contribution in [2.75, 3.05) is 6.54 Å². The maximum atomic E-state index is 5.94. The van der Waals surface area contributed by atoms with E-state index in [9.17, 15) is 0 Å². The van der Waals surface area contributed by atoms with E-state index < -0.39 is 0 Å². The fourth-order valence-corrected chi connectivity index (χ4v) is 2.36. The summed E-state index contributed by atoms with van der Waals surface area (Å²) in [6.07, 6.45) is 1.02. The lowest BCUT2D eigenvalue weighted by molar-refractivity contribution is 0.691. The molecule has 94 valence electrons. The van der Waals surface area contributed by atoms with Gasteiger partial charge in [-0.05, 0) is 49.1 Å². The smallest absolute Gasteiger partial charge is 0.000167 e. The molecule has 2 aromatic rings. The SMILES string of the molecule is Cc1cccc(CC(CN)c2ccccc2)c1C. The molecule has 1 atom stereocenters. The monoisotopic (exact) mass is 239 g/mol. The lowest BCUT2D eigenvalue weighted by Gasteiger charge is -2.17. The molecule has 0 amide bonds. The predicted octanol–water partition coefficient (Wildman–Crippen LogP) is 3.59. The van der Waals surface area contributed by atoms with E-state index in [4.69, 9.17) is 5.73 Å². The van der Waals surface area contributed by atoms with Crippen molar-refractivity contribution in [2.24, 2.45) is 5.73 Å². The van der Waals surface area contributed by atoms with Crippen molar-refractivity contribution in [3.05, 3.63) is 70.8 Å². The molecule has 2 rings (SSSR count). The van der Waals surface area contributed by atoms with Crippen LogP contribution in [0.25, 0.3) is 0 Å². The molecule has 0 fully saturated rings. The average molecular weight is 239 g/mol. The third-order valence-corrected chi connectivity index (χ3v) is 3.74. The van der Waals surface area contributed by atoms with Gasteiger partial charge in [0.15, 0.2) is 0 Å². The Morgan fingerprint density at radius 1 is 0.944 bits per heavy atom. The van der Waals surface area contributed by atoms with Crippen molar-refractivity contribution < 1.29 is 0 Å². The molecule has 0 aliphatic heterocycles. The molecule has 1 nitrogen and oxygen atoms in total. The Labute approximate surface area is 110 Å². The summed E-state index contributed by atoms with van der Waals surface area (Å²) in [6, 6.07) is 17.1. The standard InChI is InChI=1S/C17H21N/c1-13-7-6-10-16(14(13)2)11-17(12-18)15-8-4-3-5-9-15/h3-10,17H,11-12,18H2,1-2H3. The van der Waals surface area contributed by atoms with E-state index in [2.05, 4.69) is 62.4 Å². The Bertz CT molecular complexity index is 502. The average Bonchev–Trinajstić information content (AvgIpc) is 2.41. The molecule has 18 heavy (non-hydrogen) atoms. The Balaban J connectivity index is 2.24. The first-order valence-electron chi connectivity index (χ1n) is 6.52. The largest absolute Gasteiger partial charge is 0.330 e. The second-order valence-electron chi connectivity index (χ2n) is 4.91. The number of aryl methyl sites for hydroxylation is 1. The minimum atomic E-state index is 0.409. The topological polar surface area (TPSA) is 26.0 Å². The lowest BCUT2D eigenvalue weighted by Crippen LogP contribution is -2.15. The van der Waals surface area contributed by atoms with Crippen LogP contribution in [-0.4, -0.2) is 6.54 Å². The normalized spacial score (nSPS) is 12.4. The van der Waals surface area contributed by atoms with Gasteiger partial charge in [0, 0.05) is 5.92 Å². The molecule has 0 saturated carbocycles. The van der Waals surface area contributed by atoms with Gasteiger partial charge in [-0.1, -0.05) is 48.5 Å². The van der Waals surface area contributed by atoms with Crippen LogP contribution in [0, 0.1) is 13.8 Å². The predicted molar refractivity (Wildman–Crippen MR) is 77.9 cm³/mol. The van der Waals surface area contributed by atoms with E-state index in [0.717, 1.165) is 6.42 Å². The highest BCUT2D eigenvalue weighted by Crippen LogP contribution is 2.23. The first-order chi connectivity index (χ1) is 8.72. The summed E-state index contributed by atoms with van der Waals surface area (Å²) in [5.74, 6) is 0.409. The lowest BCUT2D eigenvalue weighted by atomic mass is 9.89. The second kappa shape index (κ2) is 5.83. The number of rotatable bonds is 4.